The molecule has 1 nitrogen and oxygen atoms in total. The van der Waals surface area contributed by atoms with E-state index in [2.05, 4.69) is 18.2 Å². The molecule has 0 unspecified atom stereocenters. The molecule has 0 aromatic heterocycles. The molecule has 0 radical (unpaired) electrons. The van der Waals surface area contributed by atoms with E-state index in [0.29, 0.717) is 0 Å². The first kappa shape index (κ1) is 9.77. The average molecular weight is 184 g/mol. The fraction of sp³-hybridized carbons (Fsp3) is 0.833. The van der Waals surface area contributed by atoms with Gasteiger partial charge < -0.3 is 11.3 Å². The van der Waals surface area contributed by atoms with E-state index in [-0.39, 0.29) is 58.2 Å². The van der Waals surface area contributed by atoms with Gasteiger partial charge in [-0.15, -0.1) is 6.54 Å². The van der Waals surface area contributed by atoms with Crippen molar-refractivity contribution in [2.24, 2.45) is 0 Å². The molecule has 8 heavy (non-hydrogen) atoms. The van der Waals surface area contributed by atoms with Gasteiger partial charge in [0.05, 0.1) is 0 Å². The van der Waals surface area contributed by atoms with Crippen molar-refractivity contribution in [3.63, 3.8) is 0 Å². The van der Waals surface area contributed by atoms with Crippen LogP contribution < -0.4 is 58.2 Å². The minimum absolute atomic E-state index is 0. The minimum Gasteiger partial charge on any atom is -0.335 e. The van der Waals surface area contributed by atoms with Crippen molar-refractivity contribution in [1.29, 1.82) is 0 Å². The first-order valence-corrected chi connectivity index (χ1v) is 2.97. The molecule has 0 N–H and O–H groups in total. The van der Waals surface area contributed by atoms with Crippen molar-refractivity contribution < 1.29 is 58.2 Å². The first-order chi connectivity index (χ1) is 3.43. The van der Waals surface area contributed by atoms with Crippen LogP contribution in [0.4, 0.5) is 0 Å². The predicted octanol–water partition coefficient (Wildman–Crippen LogP) is -2.08. The van der Waals surface area contributed by atoms with Crippen molar-refractivity contribution in [3.8, 4) is 0 Å². The van der Waals surface area contributed by atoms with Gasteiger partial charge in [-0.1, -0.05) is 6.92 Å². The molecule has 0 bridgehead atoms. The number of nitrogens with zero attached hydrogens (tertiary/aromatic N) is 1. The van der Waals surface area contributed by atoms with Crippen molar-refractivity contribution in [2.45, 2.75) is 13.3 Å². The van der Waals surface area contributed by atoms with Crippen LogP contribution in [0.5, 0.6) is 0 Å². The summed E-state index contributed by atoms with van der Waals surface area (Å²) in [5, 5.41) is 0. The van der Waals surface area contributed by atoms with Crippen LogP contribution in [0.1, 0.15) is 13.3 Å². The molecule has 1 aliphatic rings. The Morgan fingerprint density at radius 3 is 2.62 bits per heavy atom. The number of likely N-dealkylation sites (tertiary alicyclic amines) is 1. The van der Waals surface area contributed by atoms with E-state index < -0.39 is 0 Å². The number of hydrogen-bond donors (Lipinski definition) is 0. The maximum atomic E-state index is 2.43. The predicted molar refractivity (Wildman–Crippen MR) is 31.0 cm³/mol. The summed E-state index contributed by atoms with van der Waals surface area (Å²) in [6.45, 7) is 5.93. The van der Waals surface area contributed by atoms with E-state index in [1.807, 2.05) is 0 Å². The zero-order chi connectivity index (χ0) is 5.11. The fourth-order valence-electron chi connectivity index (χ4n) is 0.926. The van der Waals surface area contributed by atoms with Crippen LogP contribution in [-0.2, 0) is 0 Å². The monoisotopic (exact) mass is 183 g/mol. The van der Waals surface area contributed by atoms with E-state index in [0.717, 1.165) is 0 Å². The summed E-state index contributed by atoms with van der Waals surface area (Å²) in [6, 6.07) is 0. The fourth-order valence-corrected chi connectivity index (χ4v) is 0.926. The van der Waals surface area contributed by atoms with Crippen LogP contribution >= 0.6 is 0 Å². The van der Waals surface area contributed by atoms with Gasteiger partial charge in [-0.3, -0.25) is 0 Å². The Morgan fingerprint density at radius 2 is 2.38 bits per heavy atom. The Morgan fingerprint density at radius 1 is 1.62 bits per heavy atom. The third-order valence-electron chi connectivity index (χ3n) is 1.48. The quantitative estimate of drug-likeness (QED) is 0.422. The molecule has 2 heteroatoms. The third-order valence-corrected chi connectivity index (χ3v) is 1.48. The van der Waals surface area contributed by atoms with Gasteiger partial charge in [0.25, 0.3) is 0 Å². The topological polar surface area (TPSA) is 3.24 Å². The van der Waals surface area contributed by atoms with Crippen molar-refractivity contribution >= 4 is 0 Å². The zero-order valence-corrected chi connectivity index (χ0v) is 10.8. The Balaban J connectivity index is 0.000000490. The summed E-state index contributed by atoms with van der Waals surface area (Å²) in [6.07, 6.45) is 3.64. The molecule has 1 aliphatic heterocycles. The van der Waals surface area contributed by atoms with E-state index in [9.17, 15) is 0 Å². The second-order valence-corrected chi connectivity index (χ2v) is 1.97. The summed E-state index contributed by atoms with van der Waals surface area (Å²) in [5.41, 5.74) is 0. The Bertz CT molecular complexity index is 50.5. The Kier molecular flexibility index (Phi) is 6.77. The molecule has 0 saturated carbocycles. The van der Waals surface area contributed by atoms with Crippen LogP contribution in [-0.4, -0.2) is 24.5 Å². The summed E-state index contributed by atoms with van der Waals surface area (Å²) in [5.74, 6) is 0. The SMILES string of the molecule is CCN1C[CH-]CC1.[Rb+]. The van der Waals surface area contributed by atoms with Gasteiger partial charge >= 0.3 is 58.2 Å². The van der Waals surface area contributed by atoms with Gasteiger partial charge in [0, 0.05) is 0 Å². The van der Waals surface area contributed by atoms with E-state index >= 15 is 0 Å². The van der Waals surface area contributed by atoms with Gasteiger partial charge in [-0.05, 0) is 13.1 Å². The van der Waals surface area contributed by atoms with Gasteiger partial charge in [0.15, 0.2) is 0 Å². The smallest absolute Gasteiger partial charge is 0.335 e. The second-order valence-electron chi connectivity index (χ2n) is 1.97. The molecular formula is C6H12NRb. The molecule has 0 atom stereocenters. The molecular weight excluding hydrogens is 172 g/mol. The average Bonchev–Trinajstić information content (AvgIpc) is 2.14. The Labute approximate surface area is 101 Å². The van der Waals surface area contributed by atoms with E-state index in [1.165, 1.54) is 26.1 Å². The molecule has 0 aromatic rings. The maximum absolute atomic E-state index is 2.43. The first-order valence-electron chi connectivity index (χ1n) is 2.97. The third kappa shape index (κ3) is 3.07. The molecule has 0 spiro atoms. The van der Waals surface area contributed by atoms with Gasteiger partial charge in [-0.25, -0.2) is 0 Å². The van der Waals surface area contributed by atoms with Gasteiger partial charge in [-0.2, -0.15) is 6.42 Å². The van der Waals surface area contributed by atoms with Crippen molar-refractivity contribution in [3.05, 3.63) is 6.42 Å². The van der Waals surface area contributed by atoms with Crippen molar-refractivity contribution in [1.82, 2.24) is 4.90 Å². The van der Waals surface area contributed by atoms with Gasteiger partial charge in [0.2, 0.25) is 0 Å². The minimum atomic E-state index is 0. The van der Waals surface area contributed by atoms with E-state index in [1.54, 1.807) is 0 Å². The molecule has 1 heterocycles. The molecule has 0 amide bonds. The molecule has 0 aromatic carbocycles. The van der Waals surface area contributed by atoms with Gasteiger partial charge in [0.1, 0.15) is 0 Å². The summed E-state index contributed by atoms with van der Waals surface area (Å²) >= 11 is 0. The summed E-state index contributed by atoms with van der Waals surface area (Å²) in [7, 11) is 0. The molecule has 1 rings (SSSR count). The molecule has 1 saturated heterocycles. The molecule has 42 valence electrons. The number of hydrogen-bond acceptors (Lipinski definition) is 1. The zero-order valence-electron chi connectivity index (χ0n) is 5.85. The van der Waals surface area contributed by atoms with Crippen LogP contribution in [0.2, 0.25) is 0 Å². The summed E-state index contributed by atoms with van der Waals surface area (Å²) < 4.78 is 0. The molecule has 1 fully saturated rings. The standard InChI is InChI=1S/C6H12N.Rb/c1-2-7-5-3-4-6-7;/h3H,2,4-6H2,1H3;/q-1;+1. The van der Waals surface area contributed by atoms with Crippen LogP contribution in [0.3, 0.4) is 0 Å². The normalized spacial score (nSPS) is 20.6. The van der Waals surface area contributed by atoms with E-state index in [4.69, 9.17) is 0 Å². The largest absolute Gasteiger partial charge is 1.00 e. The van der Waals surface area contributed by atoms with Crippen LogP contribution in [0.25, 0.3) is 0 Å². The second kappa shape index (κ2) is 5.54. The molecule has 0 aliphatic carbocycles. The maximum Gasteiger partial charge on any atom is 1.00 e. The summed E-state index contributed by atoms with van der Waals surface area (Å²) in [4.78, 5) is 2.43. The van der Waals surface area contributed by atoms with Crippen molar-refractivity contribution in [2.75, 3.05) is 19.6 Å². The number of rotatable bonds is 1. The Hall–Kier alpha value is 1.77. The van der Waals surface area contributed by atoms with Crippen LogP contribution in [0.15, 0.2) is 0 Å². The van der Waals surface area contributed by atoms with Crippen LogP contribution in [0, 0.1) is 6.42 Å².